The highest BCUT2D eigenvalue weighted by Crippen LogP contribution is 2.27. The maximum Gasteiger partial charge on any atom is 0.248 e. The van der Waals surface area contributed by atoms with Crippen LogP contribution < -0.4 is 5.32 Å². The Kier molecular flexibility index (Phi) is 7.62. The molecule has 0 radical (unpaired) electrons. The SMILES string of the molecule is CCCCc1ccc(NC(=O)C2CSC(=NC3CCCCCC3)N2C)cc1. The first kappa shape index (κ1) is 20.2. The number of rotatable bonds is 6. The first-order valence-corrected chi connectivity index (χ1v) is 11.5. The number of hydrogen-bond donors (Lipinski definition) is 1. The van der Waals surface area contributed by atoms with Crippen molar-refractivity contribution in [2.24, 2.45) is 4.99 Å². The minimum atomic E-state index is -0.140. The zero-order valence-corrected chi connectivity index (χ0v) is 17.6. The van der Waals surface area contributed by atoms with Crippen LogP contribution in [0.25, 0.3) is 0 Å². The molecular weight excluding hydrogens is 354 g/mol. The number of amidine groups is 1. The lowest BCUT2D eigenvalue weighted by molar-refractivity contribution is -0.118. The largest absolute Gasteiger partial charge is 0.342 e. The molecule has 1 N–H and O–H groups in total. The van der Waals surface area contributed by atoms with E-state index in [1.807, 2.05) is 19.2 Å². The number of benzene rings is 1. The first-order chi connectivity index (χ1) is 13.2. The minimum absolute atomic E-state index is 0.0670. The van der Waals surface area contributed by atoms with E-state index in [1.165, 1.54) is 56.9 Å². The van der Waals surface area contributed by atoms with Crippen LogP contribution in [0.4, 0.5) is 5.69 Å². The zero-order valence-electron chi connectivity index (χ0n) is 16.7. The molecule has 1 saturated heterocycles. The van der Waals surface area contributed by atoms with E-state index in [2.05, 4.69) is 29.3 Å². The number of carbonyl (C=O) groups excluding carboxylic acids is 1. The summed E-state index contributed by atoms with van der Waals surface area (Å²) in [5.74, 6) is 0.847. The maximum absolute atomic E-state index is 12.8. The monoisotopic (exact) mass is 387 g/mol. The molecule has 0 bridgehead atoms. The Balaban J connectivity index is 1.55. The van der Waals surface area contributed by atoms with E-state index in [4.69, 9.17) is 4.99 Å². The number of amides is 1. The number of hydrogen-bond acceptors (Lipinski definition) is 3. The van der Waals surface area contributed by atoms with Crippen molar-refractivity contribution in [2.45, 2.75) is 76.8 Å². The zero-order chi connectivity index (χ0) is 19.1. The highest BCUT2D eigenvalue weighted by Gasteiger charge is 2.33. The molecule has 148 valence electrons. The number of carbonyl (C=O) groups is 1. The van der Waals surface area contributed by atoms with Gasteiger partial charge in [-0.25, -0.2) is 0 Å². The van der Waals surface area contributed by atoms with Crippen LogP contribution in [0.15, 0.2) is 29.3 Å². The maximum atomic E-state index is 12.8. The smallest absolute Gasteiger partial charge is 0.248 e. The Bertz CT molecular complexity index is 635. The molecule has 2 fully saturated rings. The van der Waals surface area contributed by atoms with E-state index in [0.717, 1.165) is 23.0 Å². The van der Waals surface area contributed by atoms with Gasteiger partial charge in [0.2, 0.25) is 5.91 Å². The lowest BCUT2D eigenvalue weighted by Gasteiger charge is -2.21. The molecule has 4 nitrogen and oxygen atoms in total. The molecule has 1 saturated carbocycles. The second-order valence-corrected chi connectivity index (χ2v) is 8.77. The van der Waals surface area contributed by atoms with Gasteiger partial charge in [0.25, 0.3) is 0 Å². The van der Waals surface area contributed by atoms with Crippen LogP contribution in [0.3, 0.4) is 0 Å². The number of nitrogens with one attached hydrogen (secondary N) is 1. The van der Waals surface area contributed by atoms with Gasteiger partial charge in [-0.2, -0.15) is 0 Å². The summed E-state index contributed by atoms with van der Waals surface area (Å²) in [5, 5.41) is 4.12. The molecule has 1 aliphatic carbocycles. The number of thioether (sulfide) groups is 1. The van der Waals surface area contributed by atoms with E-state index < -0.39 is 0 Å². The van der Waals surface area contributed by atoms with Crippen LogP contribution in [0.2, 0.25) is 0 Å². The Hall–Kier alpha value is -1.49. The van der Waals surface area contributed by atoms with Gasteiger partial charge in [0.1, 0.15) is 6.04 Å². The van der Waals surface area contributed by atoms with Gasteiger partial charge in [0.05, 0.1) is 6.04 Å². The second-order valence-electron chi connectivity index (χ2n) is 7.78. The summed E-state index contributed by atoms with van der Waals surface area (Å²) in [6.45, 7) is 2.21. The molecule has 1 atom stereocenters. The van der Waals surface area contributed by atoms with Crippen molar-refractivity contribution in [1.29, 1.82) is 0 Å². The fourth-order valence-electron chi connectivity index (χ4n) is 3.78. The summed E-state index contributed by atoms with van der Waals surface area (Å²) in [5.41, 5.74) is 2.22. The van der Waals surface area contributed by atoms with Gasteiger partial charge < -0.3 is 10.2 Å². The van der Waals surface area contributed by atoms with Crippen molar-refractivity contribution in [3.63, 3.8) is 0 Å². The predicted molar refractivity (Wildman–Crippen MR) is 117 cm³/mol. The summed E-state index contributed by atoms with van der Waals surface area (Å²) in [4.78, 5) is 19.8. The molecule has 3 rings (SSSR count). The van der Waals surface area contributed by atoms with Crippen molar-refractivity contribution in [1.82, 2.24) is 4.90 Å². The van der Waals surface area contributed by atoms with Crippen molar-refractivity contribution in [3.8, 4) is 0 Å². The van der Waals surface area contributed by atoms with Crippen molar-refractivity contribution >= 4 is 28.5 Å². The average molecular weight is 388 g/mol. The molecule has 1 aliphatic heterocycles. The van der Waals surface area contributed by atoms with Crippen LogP contribution in [-0.4, -0.2) is 40.9 Å². The fourth-order valence-corrected chi connectivity index (χ4v) is 5.02. The third kappa shape index (κ3) is 5.74. The van der Waals surface area contributed by atoms with Gasteiger partial charge in [-0.3, -0.25) is 9.79 Å². The third-order valence-corrected chi connectivity index (χ3v) is 6.73. The number of likely N-dealkylation sites (N-methyl/N-ethyl adjacent to an activating group) is 1. The topological polar surface area (TPSA) is 44.7 Å². The number of nitrogens with zero attached hydrogens (tertiary/aromatic N) is 2. The third-order valence-electron chi connectivity index (χ3n) is 5.60. The molecular formula is C22H33N3OS. The first-order valence-electron chi connectivity index (χ1n) is 10.5. The number of aliphatic imine (C=N–C) groups is 1. The molecule has 0 spiro atoms. The van der Waals surface area contributed by atoms with E-state index in [0.29, 0.717) is 6.04 Å². The molecule has 2 aliphatic rings. The normalized spacial score (nSPS) is 22.8. The number of aryl methyl sites for hydroxylation is 1. The van der Waals surface area contributed by atoms with Crippen molar-refractivity contribution in [2.75, 3.05) is 18.1 Å². The molecule has 27 heavy (non-hydrogen) atoms. The molecule has 0 aromatic heterocycles. The highest BCUT2D eigenvalue weighted by molar-refractivity contribution is 8.14. The molecule has 1 heterocycles. The van der Waals surface area contributed by atoms with E-state index in [-0.39, 0.29) is 11.9 Å². The van der Waals surface area contributed by atoms with Crippen LogP contribution in [0.5, 0.6) is 0 Å². The van der Waals surface area contributed by atoms with Gasteiger partial charge in [0.15, 0.2) is 5.17 Å². The van der Waals surface area contributed by atoms with Gasteiger partial charge in [-0.15, -0.1) is 0 Å². The fraction of sp³-hybridized carbons (Fsp3) is 0.636. The van der Waals surface area contributed by atoms with Gasteiger partial charge in [-0.05, 0) is 43.4 Å². The molecule has 1 unspecified atom stereocenters. The van der Waals surface area contributed by atoms with Crippen molar-refractivity contribution in [3.05, 3.63) is 29.8 Å². The summed E-state index contributed by atoms with van der Waals surface area (Å²) < 4.78 is 0. The molecule has 1 amide bonds. The molecule has 5 heteroatoms. The number of anilines is 1. The lowest BCUT2D eigenvalue weighted by atomic mass is 10.1. The van der Waals surface area contributed by atoms with Crippen LogP contribution in [0, 0.1) is 0 Å². The van der Waals surface area contributed by atoms with Crippen LogP contribution in [-0.2, 0) is 11.2 Å². The molecule has 1 aromatic carbocycles. The highest BCUT2D eigenvalue weighted by atomic mass is 32.2. The second kappa shape index (κ2) is 10.2. The summed E-state index contributed by atoms with van der Waals surface area (Å²) in [7, 11) is 2.01. The van der Waals surface area contributed by atoms with Crippen LogP contribution >= 0.6 is 11.8 Å². The molecule has 1 aromatic rings. The Labute approximate surface area is 168 Å². The average Bonchev–Trinajstić information content (AvgIpc) is 2.87. The Morgan fingerprint density at radius 1 is 1.19 bits per heavy atom. The number of unbranched alkanes of at least 4 members (excludes halogenated alkanes) is 1. The Morgan fingerprint density at radius 3 is 2.56 bits per heavy atom. The van der Waals surface area contributed by atoms with E-state index in [1.54, 1.807) is 11.8 Å². The lowest BCUT2D eigenvalue weighted by Crippen LogP contribution is -2.40. The predicted octanol–water partition coefficient (Wildman–Crippen LogP) is 5.09. The van der Waals surface area contributed by atoms with Gasteiger partial charge >= 0.3 is 0 Å². The standard InChI is InChI=1S/C22H33N3OS/c1-3-4-9-17-12-14-19(15-13-17)23-21(26)20-16-27-22(25(20)2)24-18-10-7-5-6-8-11-18/h12-15,18,20H,3-11,16H2,1-2H3,(H,23,26). The van der Waals surface area contributed by atoms with E-state index in [9.17, 15) is 4.79 Å². The summed E-state index contributed by atoms with van der Waals surface area (Å²) >= 11 is 1.72. The van der Waals surface area contributed by atoms with Gasteiger partial charge in [0, 0.05) is 18.5 Å². The van der Waals surface area contributed by atoms with Crippen LogP contribution in [0.1, 0.15) is 63.9 Å². The summed E-state index contributed by atoms with van der Waals surface area (Å²) in [6.07, 6.45) is 11.2. The van der Waals surface area contributed by atoms with Crippen molar-refractivity contribution < 1.29 is 4.79 Å². The van der Waals surface area contributed by atoms with E-state index >= 15 is 0 Å². The minimum Gasteiger partial charge on any atom is -0.342 e. The quantitative estimate of drug-likeness (QED) is 0.691. The summed E-state index contributed by atoms with van der Waals surface area (Å²) in [6, 6.07) is 8.58. The Morgan fingerprint density at radius 2 is 1.89 bits per heavy atom. The van der Waals surface area contributed by atoms with Gasteiger partial charge in [-0.1, -0.05) is 62.9 Å².